The van der Waals surface area contributed by atoms with Crippen LogP contribution in [0, 0.1) is 34.0 Å². The van der Waals surface area contributed by atoms with Gasteiger partial charge in [0, 0.05) is 11.3 Å². The zero-order valence-electron chi connectivity index (χ0n) is 8.41. The van der Waals surface area contributed by atoms with Crippen molar-refractivity contribution in [1.29, 1.82) is 5.26 Å². The molecule has 1 aliphatic heterocycles. The summed E-state index contributed by atoms with van der Waals surface area (Å²) in [5.41, 5.74) is -0.692. The zero-order chi connectivity index (χ0) is 10.1. The van der Waals surface area contributed by atoms with Crippen molar-refractivity contribution < 1.29 is 9.53 Å². The number of carbonyl (C=O) groups is 1. The highest BCUT2D eigenvalue weighted by atomic mass is 16.6. The van der Waals surface area contributed by atoms with Crippen molar-refractivity contribution in [2.75, 3.05) is 0 Å². The molecule has 0 radical (unpaired) electrons. The molecule has 4 unspecified atom stereocenters. The number of hydrogen-bond donors (Lipinski definition) is 0. The Morgan fingerprint density at radius 1 is 1.57 bits per heavy atom. The first-order valence-corrected chi connectivity index (χ1v) is 5.15. The van der Waals surface area contributed by atoms with Crippen molar-refractivity contribution in [2.24, 2.45) is 22.7 Å². The van der Waals surface area contributed by atoms with E-state index in [1.54, 1.807) is 0 Å². The van der Waals surface area contributed by atoms with Crippen LogP contribution in [-0.4, -0.2) is 12.1 Å². The molecule has 2 saturated carbocycles. The SMILES string of the molecule is CC1(C)C2CC3C1OC(=O)C3(C#N)C2. The lowest BCUT2D eigenvalue weighted by Gasteiger charge is -2.34. The summed E-state index contributed by atoms with van der Waals surface area (Å²) < 4.78 is 5.39. The third-order valence-electron chi connectivity index (χ3n) is 4.69. The molecule has 0 aromatic rings. The van der Waals surface area contributed by atoms with Gasteiger partial charge in [-0.15, -0.1) is 0 Å². The lowest BCUT2D eigenvalue weighted by Crippen LogP contribution is -2.39. The Balaban J connectivity index is 2.14. The fraction of sp³-hybridized carbons (Fsp3) is 0.818. The summed E-state index contributed by atoms with van der Waals surface area (Å²) in [7, 11) is 0. The molecule has 0 aromatic heterocycles. The number of nitriles is 1. The third-order valence-corrected chi connectivity index (χ3v) is 4.69. The van der Waals surface area contributed by atoms with Gasteiger partial charge < -0.3 is 4.74 Å². The number of esters is 1. The van der Waals surface area contributed by atoms with Crippen LogP contribution in [0.1, 0.15) is 26.7 Å². The number of rotatable bonds is 0. The van der Waals surface area contributed by atoms with Gasteiger partial charge in [0.05, 0.1) is 6.07 Å². The quantitative estimate of drug-likeness (QED) is 0.545. The Kier molecular flexibility index (Phi) is 1.17. The van der Waals surface area contributed by atoms with E-state index in [4.69, 9.17) is 10.00 Å². The van der Waals surface area contributed by atoms with Crippen LogP contribution in [0.25, 0.3) is 0 Å². The van der Waals surface area contributed by atoms with Gasteiger partial charge in [-0.1, -0.05) is 13.8 Å². The predicted octanol–water partition coefficient (Wildman–Crippen LogP) is 1.49. The second-order valence-corrected chi connectivity index (χ2v) is 5.47. The monoisotopic (exact) mass is 191 g/mol. The van der Waals surface area contributed by atoms with Gasteiger partial charge >= 0.3 is 5.97 Å². The molecule has 2 aliphatic carbocycles. The van der Waals surface area contributed by atoms with E-state index in [9.17, 15) is 4.79 Å². The summed E-state index contributed by atoms with van der Waals surface area (Å²) in [6, 6.07) is 2.21. The number of nitrogens with zero attached hydrogens (tertiary/aromatic N) is 1. The average Bonchev–Trinajstić information content (AvgIpc) is 2.67. The standard InChI is InChI=1S/C11H13NO2/c1-10(2)6-3-7-8(10)14-9(13)11(7,4-6)5-12/h6-8H,3-4H2,1-2H3. The summed E-state index contributed by atoms with van der Waals surface area (Å²) in [5, 5.41) is 9.16. The van der Waals surface area contributed by atoms with E-state index in [-0.39, 0.29) is 23.4 Å². The van der Waals surface area contributed by atoms with Gasteiger partial charge in [0.2, 0.25) is 0 Å². The van der Waals surface area contributed by atoms with Crippen molar-refractivity contribution in [2.45, 2.75) is 32.8 Å². The van der Waals surface area contributed by atoms with E-state index in [0.717, 1.165) is 12.8 Å². The minimum atomic E-state index is -0.773. The number of fused-ring (bicyclic) bond motifs is 1. The summed E-state index contributed by atoms with van der Waals surface area (Å²) in [6.45, 7) is 4.31. The van der Waals surface area contributed by atoms with Crippen LogP contribution < -0.4 is 0 Å². The van der Waals surface area contributed by atoms with E-state index < -0.39 is 5.41 Å². The molecule has 1 saturated heterocycles. The first-order valence-electron chi connectivity index (χ1n) is 5.15. The maximum absolute atomic E-state index is 11.7. The normalized spacial score (nSPS) is 51.8. The molecule has 2 bridgehead atoms. The molecule has 4 atom stereocenters. The molecule has 1 heterocycles. The van der Waals surface area contributed by atoms with Crippen LogP contribution in [-0.2, 0) is 9.53 Å². The molecule has 3 fully saturated rings. The van der Waals surface area contributed by atoms with Crippen molar-refractivity contribution in [3.8, 4) is 6.07 Å². The fourth-order valence-corrected chi connectivity index (χ4v) is 3.69. The smallest absolute Gasteiger partial charge is 0.327 e. The van der Waals surface area contributed by atoms with Crippen molar-refractivity contribution in [1.82, 2.24) is 0 Å². The number of ether oxygens (including phenoxy) is 1. The molecule has 0 N–H and O–H groups in total. The van der Waals surface area contributed by atoms with Crippen molar-refractivity contribution in [3.63, 3.8) is 0 Å². The summed E-state index contributed by atoms with van der Waals surface area (Å²) >= 11 is 0. The van der Waals surface area contributed by atoms with Gasteiger partial charge in [-0.2, -0.15) is 5.26 Å². The molecule has 14 heavy (non-hydrogen) atoms. The molecule has 3 aliphatic rings. The molecular formula is C11H13NO2. The maximum atomic E-state index is 11.7. The Morgan fingerprint density at radius 2 is 2.29 bits per heavy atom. The van der Waals surface area contributed by atoms with Crippen molar-refractivity contribution in [3.05, 3.63) is 0 Å². The second-order valence-electron chi connectivity index (χ2n) is 5.47. The molecule has 3 nitrogen and oxygen atoms in total. The Labute approximate surface area is 83.0 Å². The lowest BCUT2D eigenvalue weighted by molar-refractivity contribution is -0.147. The first-order chi connectivity index (χ1) is 6.52. The van der Waals surface area contributed by atoms with Gasteiger partial charge in [0.15, 0.2) is 5.41 Å². The van der Waals surface area contributed by atoms with Crippen LogP contribution in [0.15, 0.2) is 0 Å². The van der Waals surface area contributed by atoms with Crippen LogP contribution in [0.2, 0.25) is 0 Å². The highest BCUT2D eigenvalue weighted by Gasteiger charge is 2.73. The zero-order valence-corrected chi connectivity index (χ0v) is 8.41. The molecule has 0 aromatic carbocycles. The van der Waals surface area contributed by atoms with E-state index in [0.29, 0.717) is 5.92 Å². The van der Waals surface area contributed by atoms with Gasteiger partial charge in [-0.05, 0) is 18.8 Å². The van der Waals surface area contributed by atoms with E-state index in [1.807, 2.05) is 0 Å². The Bertz CT molecular complexity index is 368. The minimum Gasteiger partial charge on any atom is -0.460 e. The average molecular weight is 191 g/mol. The van der Waals surface area contributed by atoms with Crippen LogP contribution >= 0.6 is 0 Å². The fourth-order valence-electron chi connectivity index (χ4n) is 3.69. The maximum Gasteiger partial charge on any atom is 0.327 e. The van der Waals surface area contributed by atoms with E-state index >= 15 is 0 Å². The molecule has 3 heteroatoms. The highest BCUT2D eigenvalue weighted by Crippen LogP contribution is 2.67. The van der Waals surface area contributed by atoms with E-state index in [1.165, 1.54) is 0 Å². The molecule has 0 spiro atoms. The van der Waals surface area contributed by atoms with Crippen LogP contribution in [0.5, 0.6) is 0 Å². The molecule has 3 rings (SSSR count). The summed E-state index contributed by atoms with van der Waals surface area (Å²) in [6.07, 6.45) is 1.71. The lowest BCUT2D eigenvalue weighted by atomic mass is 9.66. The van der Waals surface area contributed by atoms with E-state index in [2.05, 4.69) is 19.9 Å². The summed E-state index contributed by atoms with van der Waals surface area (Å²) in [4.78, 5) is 11.7. The first kappa shape index (κ1) is 8.28. The van der Waals surface area contributed by atoms with Crippen LogP contribution in [0.4, 0.5) is 0 Å². The third kappa shape index (κ3) is 0.589. The predicted molar refractivity (Wildman–Crippen MR) is 47.9 cm³/mol. The van der Waals surface area contributed by atoms with Gasteiger partial charge in [-0.3, -0.25) is 4.79 Å². The molecule has 74 valence electrons. The Morgan fingerprint density at radius 3 is 2.86 bits per heavy atom. The summed E-state index contributed by atoms with van der Waals surface area (Å²) in [5.74, 6) is 0.395. The molecular weight excluding hydrogens is 178 g/mol. The number of carbonyl (C=O) groups excluding carboxylic acids is 1. The van der Waals surface area contributed by atoms with Crippen LogP contribution in [0.3, 0.4) is 0 Å². The highest BCUT2D eigenvalue weighted by molar-refractivity contribution is 5.84. The molecule has 0 amide bonds. The number of hydrogen-bond acceptors (Lipinski definition) is 3. The largest absolute Gasteiger partial charge is 0.460 e. The van der Waals surface area contributed by atoms with Gasteiger partial charge in [0.1, 0.15) is 6.10 Å². The van der Waals surface area contributed by atoms with Gasteiger partial charge in [-0.25, -0.2) is 0 Å². The second kappa shape index (κ2) is 1.98. The topological polar surface area (TPSA) is 50.1 Å². The minimum absolute atomic E-state index is 0.00611. The van der Waals surface area contributed by atoms with Crippen molar-refractivity contribution >= 4 is 5.97 Å². The Hall–Kier alpha value is -1.04. The van der Waals surface area contributed by atoms with Gasteiger partial charge in [0.25, 0.3) is 0 Å².